The van der Waals surface area contributed by atoms with E-state index < -0.39 is 0 Å². The van der Waals surface area contributed by atoms with Gasteiger partial charge in [-0.2, -0.15) is 0 Å². The summed E-state index contributed by atoms with van der Waals surface area (Å²) in [6, 6.07) is 5.39. The van der Waals surface area contributed by atoms with Crippen molar-refractivity contribution in [2.75, 3.05) is 13.6 Å². The summed E-state index contributed by atoms with van der Waals surface area (Å²) in [4.78, 5) is 26.7. The van der Waals surface area contributed by atoms with Gasteiger partial charge in [0.05, 0.1) is 25.4 Å². The fourth-order valence-corrected chi connectivity index (χ4v) is 3.01. The number of amides is 1. The van der Waals surface area contributed by atoms with Crippen molar-refractivity contribution >= 4 is 11.7 Å². The summed E-state index contributed by atoms with van der Waals surface area (Å²) in [5.74, 6) is 0.787. The van der Waals surface area contributed by atoms with E-state index in [1.165, 1.54) is 0 Å². The van der Waals surface area contributed by atoms with Crippen molar-refractivity contribution in [1.29, 1.82) is 0 Å². The molecule has 2 rings (SSSR count). The molecule has 0 aliphatic rings. The van der Waals surface area contributed by atoms with Crippen LogP contribution in [0.5, 0.6) is 0 Å². The van der Waals surface area contributed by atoms with E-state index in [9.17, 15) is 9.59 Å². The molecular formula is C20H29N3O3. The van der Waals surface area contributed by atoms with E-state index in [4.69, 9.17) is 4.42 Å². The number of hydrogen-bond donors (Lipinski definition) is 1. The molecule has 1 N–H and O–H groups in total. The monoisotopic (exact) mass is 359 g/mol. The number of aryl methyl sites for hydroxylation is 1. The molecule has 1 amide bonds. The molecule has 1 atom stereocenters. The fourth-order valence-electron chi connectivity index (χ4n) is 3.01. The zero-order valence-electron chi connectivity index (χ0n) is 16.5. The van der Waals surface area contributed by atoms with Gasteiger partial charge in [-0.05, 0) is 59.9 Å². The smallest absolute Gasteiger partial charge is 0.234 e. The van der Waals surface area contributed by atoms with Crippen molar-refractivity contribution < 1.29 is 14.0 Å². The number of nitrogens with one attached hydrogen (secondary N) is 1. The third-order valence-electron chi connectivity index (χ3n) is 4.62. The van der Waals surface area contributed by atoms with Gasteiger partial charge in [0, 0.05) is 23.0 Å². The Morgan fingerprint density at radius 2 is 1.96 bits per heavy atom. The van der Waals surface area contributed by atoms with Crippen LogP contribution < -0.4 is 5.32 Å². The highest BCUT2D eigenvalue weighted by molar-refractivity contribution is 6.01. The second-order valence-corrected chi connectivity index (χ2v) is 7.13. The molecule has 2 aromatic rings. The zero-order chi connectivity index (χ0) is 19.4. The molecular weight excluding hydrogens is 330 g/mol. The van der Waals surface area contributed by atoms with Crippen LogP contribution >= 0.6 is 0 Å². The van der Waals surface area contributed by atoms with Crippen molar-refractivity contribution in [3.8, 4) is 0 Å². The SMILES string of the molecule is Cc1cc(C(=O)[C@@H](C)N(C)CC(=O)NC(C)C)c(C)n1Cc1ccco1. The molecule has 0 aliphatic carbocycles. The second-order valence-electron chi connectivity index (χ2n) is 7.13. The molecule has 2 heterocycles. The zero-order valence-corrected chi connectivity index (χ0v) is 16.5. The molecule has 0 aromatic carbocycles. The Bertz CT molecular complexity index is 760. The van der Waals surface area contributed by atoms with Gasteiger partial charge >= 0.3 is 0 Å². The number of Topliss-reactive ketones (excluding diaryl/α,β-unsaturated/α-hetero) is 1. The van der Waals surface area contributed by atoms with Crippen LogP contribution in [0, 0.1) is 13.8 Å². The Hall–Kier alpha value is -2.34. The van der Waals surface area contributed by atoms with Crippen molar-refractivity contribution in [2.24, 2.45) is 0 Å². The van der Waals surface area contributed by atoms with E-state index in [0.717, 1.165) is 17.1 Å². The molecule has 0 unspecified atom stereocenters. The molecule has 26 heavy (non-hydrogen) atoms. The first kappa shape index (κ1) is 20.0. The summed E-state index contributed by atoms with van der Waals surface area (Å²) in [6.45, 7) is 10.4. The molecule has 0 spiro atoms. The minimum atomic E-state index is -0.384. The van der Waals surface area contributed by atoms with E-state index in [1.54, 1.807) is 18.2 Å². The number of furan rings is 1. The standard InChI is InChI=1S/C20H29N3O3/c1-13(2)21-19(24)12-22(6)16(5)20(25)18-10-14(3)23(15(18)4)11-17-8-7-9-26-17/h7-10,13,16H,11-12H2,1-6H3,(H,21,24)/t16-/m1/s1. The Morgan fingerprint density at radius 1 is 1.27 bits per heavy atom. The molecule has 6 heteroatoms. The summed E-state index contributed by atoms with van der Waals surface area (Å²) >= 11 is 0. The van der Waals surface area contributed by atoms with Crippen LogP contribution in [0.3, 0.4) is 0 Å². The predicted octanol–water partition coefficient (Wildman–Crippen LogP) is 2.77. The number of hydrogen-bond acceptors (Lipinski definition) is 4. The molecule has 0 aliphatic heterocycles. The highest BCUT2D eigenvalue weighted by Crippen LogP contribution is 2.20. The van der Waals surface area contributed by atoms with Gasteiger partial charge in [-0.3, -0.25) is 14.5 Å². The Labute approximate surface area is 155 Å². The molecule has 0 saturated heterocycles. The highest BCUT2D eigenvalue weighted by Gasteiger charge is 2.25. The third kappa shape index (κ3) is 4.64. The number of aromatic nitrogens is 1. The van der Waals surface area contributed by atoms with Gasteiger partial charge in [0.15, 0.2) is 5.78 Å². The summed E-state index contributed by atoms with van der Waals surface area (Å²) in [7, 11) is 1.80. The van der Waals surface area contributed by atoms with Crippen LogP contribution in [0.15, 0.2) is 28.9 Å². The maximum atomic E-state index is 13.0. The van der Waals surface area contributed by atoms with Crippen molar-refractivity contribution in [3.63, 3.8) is 0 Å². The number of carbonyl (C=O) groups excluding carboxylic acids is 2. The third-order valence-corrected chi connectivity index (χ3v) is 4.62. The molecule has 2 aromatic heterocycles. The normalized spacial score (nSPS) is 12.6. The molecule has 142 valence electrons. The predicted molar refractivity (Wildman–Crippen MR) is 101 cm³/mol. The van der Waals surface area contributed by atoms with E-state index in [2.05, 4.69) is 9.88 Å². The van der Waals surface area contributed by atoms with Crippen LogP contribution in [0.25, 0.3) is 0 Å². The molecule has 0 saturated carbocycles. The average molecular weight is 359 g/mol. The first-order valence-corrected chi connectivity index (χ1v) is 8.93. The molecule has 0 radical (unpaired) electrons. The number of nitrogens with zero attached hydrogens (tertiary/aromatic N) is 2. The number of rotatable bonds is 8. The van der Waals surface area contributed by atoms with E-state index in [-0.39, 0.29) is 30.3 Å². The lowest BCUT2D eigenvalue weighted by Gasteiger charge is -2.23. The fraction of sp³-hybridized carbons (Fsp3) is 0.500. The first-order chi connectivity index (χ1) is 12.2. The number of ketones is 1. The number of likely N-dealkylation sites (N-methyl/N-ethyl adjacent to an activating group) is 1. The highest BCUT2D eigenvalue weighted by atomic mass is 16.3. The van der Waals surface area contributed by atoms with E-state index in [0.29, 0.717) is 12.1 Å². The van der Waals surface area contributed by atoms with Crippen LogP contribution in [-0.2, 0) is 11.3 Å². The minimum Gasteiger partial charge on any atom is -0.467 e. The average Bonchev–Trinajstić information content (AvgIpc) is 3.16. The van der Waals surface area contributed by atoms with E-state index >= 15 is 0 Å². The lowest BCUT2D eigenvalue weighted by Crippen LogP contribution is -2.44. The molecule has 0 fully saturated rings. The summed E-state index contributed by atoms with van der Waals surface area (Å²) < 4.78 is 7.49. The van der Waals surface area contributed by atoms with Crippen molar-refractivity contribution in [3.05, 3.63) is 47.2 Å². The molecule has 0 bridgehead atoms. The topological polar surface area (TPSA) is 67.5 Å². The lowest BCUT2D eigenvalue weighted by atomic mass is 10.0. The first-order valence-electron chi connectivity index (χ1n) is 8.93. The van der Waals surface area contributed by atoms with Crippen LogP contribution in [0.1, 0.15) is 48.3 Å². The summed E-state index contributed by atoms with van der Waals surface area (Å²) in [6.07, 6.45) is 1.65. The molecule has 6 nitrogen and oxygen atoms in total. The van der Waals surface area contributed by atoms with Gasteiger partial charge in [0.25, 0.3) is 0 Å². The van der Waals surface area contributed by atoms with Crippen LogP contribution in [-0.4, -0.2) is 46.8 Å². The number of carbonyl (C=O) groups is 2. The summed E-state index contributed by atoms with van der Waals surface area (Å²) in [5, 5.41) is 2.85. The largest absolute Gasteiger partial charge is 0.467 e. The maximum absolute atomic E-state index is 13.0. The lowest BCUT2D eigenvalue weighted by molar-refractivity contribution is -0.122. The maximum Gasteiger partial charge on any atom is 0.234 e. The summed E-state index contributed by atoms with van der Waals surface area (Å²) in [5.41, 5.74) is 2.61. The van der Waals surface area contributed by atoms with Gasteiger partial charge in [0.2, 0.25) is 5.91 Å². The van der Waals surface area contributed by atoms with Crippen LogP contribution in [0.4, 0.5) is 0 Å². The van der Waals surface area contributed by atoms with Gasteiger partial charge in [0.1, 0.15) is 5.76 Å². The van der Waals surface area contributed by atoms with E-state index in [1.807, 2.05) is 52.8 Å². The van der Waals surface area contributed by atoms with Gasteiger partial charge in [-0.25, -0.2) is 0 Å². The second kappa shape index (κ2) is 8.36. The Balaban J connectivity index is 2.12. The van der Waals surface area contributed by atoms with Gasteiger partial charge in [-0.15, -0.1) is 0 Å². The Morgan fingerprint density at radius 3 is 2.54 bits per heavy atom. The van der Waals surface area contributed by atoms with Crippen molar-refractivity contribution in [2.45, 2.75) is 53.2 Å². The Kier molecular flexibility index (Phi) is 6.42. The quantitative estimate of drug-likeness (QED) is 0.736. The van der Waals surface area contributed by atoms with Crippen molar-refractivity contribution in [1.82, 2.24) is 14.8 Å². The van der Waals surface area contributed by atoms with Gasteiger partial charge in [-0.1, -0.05) is 0 Å². The van der Waals surface area contributed by atoms with Crippen LogP contribution in [0.2, 0.25) is 0 Å². The minimum absolute atomic E-state index is 0.0173. The van der Waals surface area contributed by atoms with Gasteiger partial charge < -0.3 is 14.3 Å².